The first kappa shape index (κ1) is 28.0. The lowest BCUT2D eigenvalue weighted by Crippen LogP contribution is -2.25. The fourth-order valence-corrected chi connectivity index (χ4v) is 4.44. The van der Waals surface area contributed by atoms with E-state index in [-0.39, 0.29) is 17.2 Å². The highest BCUT2D eigenvalue weighted by Crippen LogP contribution is 2.31. The molecule has 8 nitrogen and oxygen atoms in total. The number of benzene rings is 2. The molecule has 0 fully saturated rings. The summed E-state index contributed by atoms with van der Waals surface area (Å²) in [7, 11) is 5.40. The van der Waals surface area contributed by atoms with E-state index in [9.17, 15) is 13.6 Å². The number of amides is 1. The first-order valence-electron chi connectivity index (χ1n) is 13.0. The number of rotatable bonds is 12. The Hall–Kier alpha value is -4.05. The summed E-state index contributed by atoms with van der Waals surface area (Å²) in [4.78, 5) is 23.8. The molecule has 39 heavy (non-hydrogen) atoms. The Morgan fingerprint density at radius 3 is 2.64 bits per heavy atom. The fourth-order valence-electron chi connectivity index (χ4n) is 4.44. The lowest BCUT2D eigenvalue weighted by molar-refractivity contribution is 0.0952. The van der Waals surface area contributed by atoms with E-state index in [1.807, 2.05) is 19.1 Å². The summed E-state index contributed by atoms with van der Waals surface area (Å²) >= 11 is 0. The number of aryl methyl sites for hydroxylation is 1. The molecule has 2 heterocycles. The van der Waals surface area contributed by atoms with Crippen LogP contribution in [0.2, 0.25) is 0 Å². The molecule has 0 unspecified atom stereocenters. The van der Waals surface area contributed by atoms with Gasteiger partial charge in [0.25, 0.3) is 5.91 Å². The van der Waals surface area contributed by atoms with E-state index in [2.05, 4.69) is 39.6 Å². The summed E-state index contributed by atoms with van der Waals surface area (Å²) < 4.78 is 35.6. The van der Waals surface area contributed by atoms with Gasteiger partial charge in [-0.1, -0.05) is 13.3 Å². The van der Waals surface area contributed by atoms with Crippen molar-refractivity contribution in [3.63, 3.8) is 0 Å². The molecule has 0 saturated carbocycles. The van der Waals surface area contributed by atoms with Gasteiger partial charge < -0.3 is 20.3 Å². The largest absolute Gasteiger partial charge is 0.494 e. The Kier molecular flexibility index (Phi) is 9.08. The van der Waals surface area contributed by atoms with Gasteiger partial charge in [0, 0.05) is 35.8 Å². The molecule has 0 aliphatic carbocycles. The summed E-state index contributed by atoms with van der Waals surface area (Å²) in [6.07, 6.45) is 8.45. The van der Waals surface area contributed by atoms with Crippen LogP contribution in [0.5, 0.6) is 5.75 Å². The summed E-state index contributed by atoms with van der Waals surface area (Å²) in [6.45, 7) is 3.68. The van der Waals surface area contributed by atoms with Gasteiger partial charge in [-0.25, -0.2) is 14.4 Å². The molecule has 0 radical (unpaired) electrons. The Morgan fingerprint density at radius 2 is 1.90 bits per heavy atom. The average molecular weight is 537 g/mol. The molecule has 0 saturated heterocycles. The van der Waals surface area contributed by atoms with E-state index >= 15 is 0 Å². The maximum absolute atomic E-state index is 14.8. The van der Waals surface area contributed by atoms with Crippen molar-refractivity contribution in [3.8, 4) is 17.0 Å². The predicted octanol–water partition coefficient (Wildman–Crippen LogP) is 5.45. The Bertz CT molecular complexity index is 1450. The Morgan fingerprint density at radius 1 is 1.08 bits per heavy atom. The van der Waals surface area contributed by atoms with Crippen molar-refractivity contribution in [1.29, 1.82) is 0 Å². The van der Waals surface area contributed by atoms with Crippen LogP contribution in [0.15, 0.2) is 48.9 Å². The summed E-state index contributed by atoms with van der Waals surface area (Å²) in [5.74, 6) is -1.89. The van der Waals surface area contributed by atoms with E-state index in [0.717, 1.165) is 37.1 Å². The SMILES string of the molecule is CCc1cc(Nc2nccn3c(-c4ccc(OC)c(F)c4F)cnc23)ccc1C(=O)NCCCCCN(C)C. The number of aromatic nitrogens is 3. The molecule has 2 N–H and O–H groups in total. The Labute approximate surface area is 227 Å². The fraction of sp³-hybridized carbons (Fsp3) is 0.345. The number of nitrogens with one attached hydrogen (secondary N) is 2. The van der Waals surface area contributed by atoms with Gasteiger partial charge in [-0.3, -0.25) is 9.20 Å². The monoisotopic (exact) mass is 536 g/mol. The minimum Gasteiger partial charge on any atom is -0.494 e. The summed E-state index contributed by atoms with van der Waals surface area (Å²) in [5, 5.41) is 6.28. The number of ether oxygens (including phenoxy) is 1. The second-order valence-electron chi connectivity index (χ2n) is 9.53. The summed E-state index contributed by atoms with van der Waals surface area (Å²) in [6, 6.07) is 8.37. The Balaban J connectivity index is 1.50. The summed E-state index contributed by atoms with van der Waals surface area (Å²) in [5.41, 5.74) is 3.15. The van der Waals surface area contributed by atoms with Gasteiger partial charge in [0.15, 0.2) is 23.0 Å². The number of hydrogen-bond donors (Lipinski definition) is 2. The number of hydrogen-bond acceptors (Lipinski definition) is 6. The molecule has 0 aliphatic rings. The zero-order valence-corrected chi connectivity index (χ0v) is 22.7. The number of unbranched alkanes of at least 4 members (excludes halogenated alkanes) is 2. The van der Waals surface area contributed by atoms with Crippen molar-refractivity contribution in [2.75, 3.05) is 39.6 Å². The van der Waals surface area contributed by atoms with Crippen LogP contribution in [0.3, 0.4) is 0 Å². The number of anilines is 2. The third-order valence-corrected chi connectivity index (χ3v) is 6.53. The molecule has 0 atom stereocenters. The van der Waals surface area contributed by atoms with E-state index in [4.69, 9.17) is 4.74 Å². The van der Waals surface area contributed by atoms with Crippen LogP contribution in [0, 0.1) is 11.6 Å². The number of methoxy groups -OCH3 is 1. The standard InChI is InChI=1S/C29H34F2N6O2/c1-5-19-17-20(9-10-21(19)29(38)33-13-7-6-8-15-36(2)3)35-27-28-34-18-23(37(28)16-14-32-27)22-11-12-24(39-4)26(31)25(22)30/h9-12,14,16-18H,5-8,13,15H2,1-4H3,(H,32,35)(H,33,38). The molecule has 4 aromatic rings. The molecule has 0 spiro atoms. The number of carbonyl (C=O) groups excluding carboxylic acids is 1. The van der Waals surface area contributed by atoms with Crippen LogP contribution in [0.1, 0.15) is 42.1 Å². The lowest BCUT2D eigenvalue weighted by Gasteiger charge is -2.13. The third-order valence-electron chi connectivity index (χ3n) is 6.53. The average Bonchev–Trinajstić information content (AvgIpc) is 3.36. The van der Waals surface area contributed by atoms with Gasteiger partial charge >= 0.3 is 0 Å². The van der Waals surface area contributed by atoms with Gasteiger partial charge in [-0.05, 0) is 75.8 Å². The van der Waals surface area contributed by atoms with Gasteiger partial charge in [-0.2, -0.15) is 4.39 Å². The van der Waals surface area contributed by atoms with Crippen molar-refractivity contribution in [2.24, 2.45) is 0 Å². The number of halogens is 2. The molecule has 206 valence electrons. The van der Waals surface area contributed by atoms with Crippen LogP contribution in [0.4, 0.5) is 20.3 Å². The topological polar surface area (TPSA) is 83.8 Å². The van der Waals surface area contributed by atoms with Crippen LogP contribution >= 0.6 is 0 Å². The van der Waals surface area contributed by atoms with Gasteiger partial charge in [0.2, 0.25) is 5.82 Å². The van der Waals surface area contributed by atoms with Crippen LogP contribution in [-0.4, -0.2) is 59.5 Å². The van der Waals surface area contributed by atoms with Crippen LogP contribution < -0.4 is 15.4 Å². The minimum absolute atomic E-state index is 0.0549. The predicted molar refractivity (Wildman–Crippen MR) is 149 cm³/mol. The minimum atomic E-state index is -1.06. The number of fused-ring (bicyclic) bond motifs is 1. The van der Waals surface area contributed by atoms with Crippen molar-refractivity contribution < 1.29 is 18.3 Å². The molecule has 2 aromatic carbocycles. The second-order valence-corrected chi connectivity index (χ2v) is 9.53. The van der Waals surface area contributed by atoms with Crippen molar-refractivity contribution in [1.82, 2.24) is 24.6 Å². The maximum atomic E-state index is 14.8. The van der Waals surface area contributed by atoms with Gasteiger partial charge in [0.05, 0.1) is 19.0 Å². The molecule has 4 rings (SSSR count). The van der Waals surface area contributed by atoms with Crippen molar-refractivity contribution in [2.45, 2.75) is 32.6 Å². The van der Waals surface area contributed by atoms with E-state index in [1.54, 1.807) is 22.9 Å². The second kappa shape index (κ2) is 12.7. The van der Waals surface area contributed by atoms with Gasteiger partial charge in [-0.15, -0.1) is 0 Å². The molecular formula is C29H34F2N6O2. The molecular weight excluding hydrogens is 502 g/mol. The highest BCUT2D eigenvalue weighted by atomic mass is 19.2. The van der Waals surface area contributed by atoms with Crippen LogP contribution in [0.25, 0.3) is 16.9 Å². The first-order valence-corrected chi connectivity index (χ1v) is 13.0. The number of imidazole rings is 1. The smallest absolute Gasteiger partial charge is 0.251 e. The first-order chi connectivity index (χ1) is 18.8. The normalized spacial score (nSPS) is 11.3. The van der Waals surface area contributed by atoms with Crippen LogP contribution in [-0.2, 0) is 6.42 Å². The van der Waals surface area contributed by atoms with E-state index < -0.39 is 11.6 Å². The molecule has 0 aliphatic heterocycles. The molecule has 10 heteroatoms. The molecule has 2 aromatic heterocycles. The number of nitrogens with zero attached hydrogens (tertiary/aromatic N) is 4. The zero-order valence-electron chi connectivity index (χ0n) is 22.7. The van der Waals surface area contributed by atoms with Gasteiger partial charge in [0.1, 0.15) is 0 Å². The third kappa shape index (κ3) is 6.34. The van der Waals surface area contributed by atoms with Crippen molar-refractivity contribution in [3.05, 3.63) is 71.7 Å². The highest BCUT2D eigenvalue weighted by molar-refractivity contribution is 5.96. The highest BCUT2D eigenvalue weighted by Gasteiger charge is 2.19. The maximum Gasteiger partial charge on any atom is 0.251 e. The van der Waals surface area contributed by atoms with E-state index in [0.29, 0.717) is 35.7 Å². The quantitative estimate of drug-likeness (QED) is 0.234. The van der Waals surface area contributed by atoms with E-state index in [1.165, 1.54) is 25.4 Å². The van der Waals surface area contributed by atoms with Crippen molar-refractivity contribution >= 4 is 23.1 Å². The molecule has 0 bridgehead atoms. The molecule has 1 amide bonds. The zero-order chi connectivity index (χ0) is 27.9. The lowest BCUT2D eigenvalue weighted by atomic mass is 10.0. The number of carbonyl (C=O) groups is 1.